The van der Waals surface area contributed by atoms with Crippen molar-refractivity contribution < 1.29 is 14.3 Å². The predicted molar refractivity (Wildman–Crippen MR) is 67.8 cm³/mol. The molecule has 0 aliphatic rings. The molecule has 0 bridgehead atoms. The maximum Gasteiger partial charge on any atom is 0.337 e. The second-order valence-electron chi connectivity index (χ2n) is 3.99. The van der Waals surface area contributed by atoms with Crippen molar-refractivity contribution in [3.05, 3.63) is 59.4 Å². The van der Waals surface area contributed by atoms with Gasteiger partial charge >= 0.3 is 5.97 Å². The summed E-state index contributed by atoms with van der Waals surface area (Å²) in [5, 5.41) is 11.9. The van der Waals surface area contributed by atoms with Crippen molar-refractivity contribution in [3.8, 4) is 0 Å². The molecule has 2 aromatic rings. The third kappa shape index (κ3) is 2.66. The molecule has 0 saturated carbocycles. The zero-order valence-corrected chi connectivity index (χ0v) is 9.77. The van der Waals surface area contributed by atoms with Crippen LogP contribution in [0.1, 0.15) is 15.9 Å². The number of aryl methyl sites for hydroxylation is 1. The van der Waals surface area contributed by atoms with E-state index in [4.69, 9.17) is 5.11 Å². The maximum absolute atomic E-state index is 13.2. The first-order valence-electron chi connectivity index (χ1n) is 5.43. The number of hydrogen-bond donors (Lipinski definition) is 2. The van der Waals surface area contributed by atoms with Crippen LogP contribution in [-0.4, -0.2) is 11.1 Å². The monoisotopic (exact) mass is 245 g/mol. The van der Waals surface area contributed by atoms with Crippen LogP contribution in [0.3, 0.4) is 0 Å². The van der Waals surface area contributed by atoms with Gasteiger partial charge in [0.25, 0.3) is 0 Å². The van der Waals surface area contributed by atoms with E-state index in [0.29, 0.717) is 0 Å². The van der Waals surface area contributed by atoms with Crippen LogP contribution in [-0.2, 0) is 0 Å². The third-order valence-electron chi connectivity index (χ3n) is 2.51. The van der Waals surface area contributed by atoms with Crippen LogP contribution < -0.4 is 5.32 Å². The fourth-order valence-electron chi connectivity index (χ4n) is 1.68. The largest absolute Gasteiger partial charge is 0.478 e. The van der Waals surface area contributed by atoms with E-state index in [9.17, 15) is 9.18 Å². The van der Waals surface area contributed by atoms with Crippen LogP contribution in [0.15, 0.2) is 42.5 Å². The average molecular weight is 245 g/mol. The van der Waals surface area contributed by atoms with Gasteiger partial charge in [0, 0.05) is 5.69 Å². The molecule has 18 heavy (non-hydrogen) atoms. The van der Waals surface area contributed by atoms with Crippen LogP contribution in [0.25, 0.3) is 0 Å². The van der Waals surface area contributed by atoms with Gasteiger partial charge in [0.05, 0.1) is 11.3 Å². The van der Waals surface area contributed by atoms with Gasteiger partial charge in [-0.1, -0.05) is 12.1 Å². The van der Waals surface area contributed by atoms with E-state index in [0.717, 1.165) is 17.3 Å². The summed E-state index contributed by atoms with van der Waals surface area (Å²) in [6.45, 7) is 1.93. The van der Waals surface area contributed by atoms with Crippen molar-refractivity contribution >= 4 is 17.3 Å². The van der Waals surface area contributed by atoms with Gasteiger partial charge in [0.15, 0.2) is 0 Å². The number of carbonyl (C=O) groups is 1. The van der Waals surface area contributed by atoms with Gasteiger partial charge < -0.3 is 10.4 Å². The van der Waals surface area contributed by atoms with Gasteiger partial charge in [-0.3, -0.25) is 0 Å². The highest BCUT2D eigenvalue weighted by molar-refractivity contribution is 5.95. The van der Waals surface area contributed by atoms with Crippen LogP contribution in [0.5, 0.6) is 0 Å². The molecule has 0 spiro atoms. The molecule has 92 valence electrons. The first-order chi connectivity index (χ1) is 8.56. The predicted octanol–water partition coefficient (Wildman–Crippen LogP) is 3.58. The lowest BCUT2D eigenvalue weighted by atomic mass is 10.1. The summed E-state index contributed by atoms with van der Waals surface area (Å²) >= 11 is 0. The van der Waals surface area contributed by atoms with Crippen LogP contribution in [0.2, 0.25) is 0 Å². The molecule has 0 aromatic heterocycles. The lowest BCUT2D eigenvalue weighted by Gasteiger charge is -2.10. The van der Waals surface area contributed by atoms with E-state index in [1.165, 1.54) is 12.1 Å². The number of aromatic carboxylic acids is 1. The smallest absolute Gasteiger partial charge is 0.337 e. The Kier molecular flexibility index (Phi) is 3.28. The Bertz CT molecular complexity index is 596. The summed E-state index contributed by atoms with van der Waals surface area (Å²) in [6.07, 6.45) is 0. The highest BCUT2D eigenvalue weighted by Crippen LogP contribution is 2.22. The van der Waals surface area contributed by atoms with E-state index >= 15 is 0 Å². The average Bonchev–Trinajstić information content (AvgIpc) is 2.28. The Hall–Kier alpha value is -2.36. The summed E-state index contributed by atoms with van der Waals surface area (Å²) in [7, 11) is 0. The fourth-order valence-corrected chi connectivity index (χ4v) is 1.68. The molecule has 0 aliphatic carbocycles. The number of benzene rings is 2. The van der Waals surface area contributed by atoms with E-state index in [1.807, 2.05) is 25.1 Å². The Morgan fingerprint density at radius 1 is 1.22 bits per heavy atom. The topological polar surface area (TPSA) is 49.3 Å². The second kappa shape index (κ2) is 4.87. The maximum atomic E-state index is 13.2. The van der Waals surface area contributed by atoms with Gasteiger partial charge in [0.2, 0.25) is 0 Å². The molecule has 0 heterocycles. The van der Waals surface area contributed by atoms with E-state index in [2.05, 4.69) is 5.32 Å². The highest BCUT2D eigenvalue weighted by Gasteiger charge is 2.11. The van der Waals surface area contributed by atoms with Crippen LogP contribution in [0.4, 0.5) is 15.8 Å². The minimum absolute atomic E-state index is 0.0397. The highest BCUT2D eigenvalue weighted by atomic mass is 19.1. The van der Waals surface area contributed by atoms with Crippen molar-refractivity contribution in [2.24, 2.45) is 0 Å². The van der Waals surface area contributed by atoms with Crippen molar-refractivity contribution in [1.29, 1.82) is 0 Å². The number of anilines is 2. The number of carboxylic acid groups (broad SMARTS) is 1. The molecule has 3 nitrogen and oxygen atoms in total. The number of halogens is 1. The van der Waals surface area contributed by atoms with Gasteiger partial charge in [-0.05, 0) is 42.8 Å². The summed E-state index contributed by atoms with van der Waals surface area (Å²) in [6, 6.07) is 11.0. The quantitative estimate of drug-likeness (QED) is 0.869. The van der Waals surface area contributed by atoms with Gasteiger partial charge in [-0.2, -0.15) is 0 Å². The Balaban J connectivity index is 2.39. The van der Waals surface area contributed by atoms with Crippen LogP contribution >= 0.6 is 0 Å². The Morgan fingerprint density at radius 3 is 2.67 bits per heavy atom. The summed E-state index contributed by atoms with van der Waals surface area (Å²) in [5.74, 6) is -1.57. The minimum Gasteiger partial charge on any atom is -0.478 e. The molecule has 0 aliphatic heterocycles. The van der Waals surface area contributed by atoms with Gasteiger partial charge in [0.1, 0.15) is 5.82 Å². The first-order valence-corrected chi connectivity index (χ1v) is 5.43. The zero-order chi connectivity index (χ0) is 13.1. The molecule has 0 unspecified atom stereocenters. The van der Waals surface area contributed by atoms with E-state index < -0.39 is 11.8 Å². The minimum atomic E-state index is -1.09. The van der Waals surface area contributed by atoms with Crippen molar-refractivity contribution in [3.63, 3.8) is 0 Å². The molecule has 0 radical (unpaired) electrons. The molecular formula is C14H12FNO2. The molecule has 4 heteroatoms. The normalized spacial score (nSPS) is 10.1. The van der Waals surface area contributed by atoms with Gasteiger partial charge in [-0.25, -0.2) is 9.18 Å². The van der Waals surface area contributed by atoms with Crippen molar-refractivity contribution in [2.45, 2.75) is 6.92 Å². The zero-order valence-electron chi connectivity index (χ0n) is 9.77. The molecule has 0 saturated heterocycles. The van der Waals surface area contributed by atoms with Crippen LogP contribution in [0, 0.1) is 12.7 Å². The molecule has 0 amide bonds. The fraction of sp³-hybridized carbons (Fsp3) is 0.0714. The Labute approximate surface area is 104 Å². The van der Waals surface area contributed by atoms with Gasteiger partial charge in [-0.15, -0.1) is 0 Å². The molecule has 0 atom stereocenters. The summed E-state index contributed by atoms with van der Waals surface area (Å²) in [4.78, 5) is 11.0. The SMILES string of the molecule is Cc1cccc(Nc2cc(F)ccc2C(=O)O)c1. The lowest BCUT2D eigenvalue weighted by Crippen LogP contribution is -2.03. The number of carboxylic acids is 1. The van der Waals surface area contributed by atoms with E-state index in [-0.39, 0.29) is 11.3 Å². The third-order valence-corrected chi connectivity index (χ3v) is 2.51. The standard InChI is InChI=1S/C14H12FNO2/c1-9-3-2-4-11(7-9)16-13-8-10(15)5-6-12(13)14(17)18/h2-8,16H,1H3,(H,17,18). The molecule has 2 rings (SSSR count). The lowest BCUT2D eigenvalue weighted by molar-refractivity contribution is 0.0698. The second-order valence-corrected chi connectivity index (χ2v) is 3.99. The molecule has 2 aromatic carbocycles. The molecule has 0 fully saturated rings. The van der Waals surface area contributed by atoms with E-state index in [1.54, 1.807) is 6.07 Å². The number of hydrogen-bond acceptors (Lipinski definition) is 2. The van der Waals surface area contributed by atoms with Crippen molar-refractivity contribution in [2.75, 3.05) is 5.32 Å². The summed E-state index contributed by atoms with van der Waals surface area (Å²) < 4.78 is 13.2. The molecular weight excluding hydrogens is 233 g/mol. The number of nitrogens with one attached hydrogen (secondary N) is 1. The van der Waals surface area contributed by atoms with Crippen molar-refractivity contribution in [1.82, 2.24) is 0 Å². The first kappa shape index (κ1) is 12.1. The Morgan fingerprint density at radius 2 is 2.00 bits per heavy atom. The number of rotatable bonds is 3. The molecule has 2 N–H and O–H groups in total. The summed E-state index contributed by atoms with van der Waals surface area (Å²) in [5.41, 5.74) is 2.04.